The van der Waals surface area contributed by atoms with Gasteiger partial charge in [0.2, 0.25) is 5.03 Å². The molecule has 0 aromatic carbocycles. The molecular weight excluding hydrogens is 296 g/mol. The van der Waals surface area contributed by atoms with Crippen LogP contribution in [0.1, 0.15) is 17.3 Å². The molecule has 0 bridgehead atoms. The first-order valence-corrected chi connectivity index (χ1v) is 7.57. The maximum atomic E-state index is 12.3. The van der Waals surface area contributed by atoms with Crippen molar-refractivity contribution in [2.75, 3.05) is 11.3 Å². The van der Waals surface area contributed by atoms with Crippen molar-refractivity contribution in [2.45, 2.75) is 11.9 Å². The molecule has 0 aliphatic heterocycles. The van der Waals surface area contributed by atoms with Crippen molar-refractivity contribution in [3.63, 3.8) is 0 Å². The van der Waals surface area contributed by atoms with Gasteiger partial charge in [-0.2, -0.15) is 13.5 Å². The van der Waals surface area contributed by atoms with E-state index in [4.69, 9.17) is 4.74 Å². The molecule has 0 saturated carbocycles. The van der Waals surface area contributed by atoms with Crippen LogP contribution < -0.4 is 4.72 Å². The monoisotopic (exact) mass is 310 g/mol. The number of carbonyl (C=O) groups excluding carboxylic acids is 1. The van der Waals surface area contributed by atoms with E-state index in [1.54, 1.807) is 19.1 Å². The number of esters is 1. The smallest absolute Gasteiger partial charge is 0.342 e. The van der Waals surface area contributed by atoms with Gasteiger partial charge in [0.15, 0.2) is 0 Å². The second kappa shape index (κ2) is 5.92. The fourth-order valence-corrected chi connectivity index (χ4v) is 2.78. The third-order valence-electron chi connectivity index (χ3n) is 2.45. The van der Waals surface area contributed by atoms with E-state index < -0.39 is 21.0 Å². The van der Waals surface area contributed by atoms with E-state index in [0.717, 1.165) is 0 Å². The normalized spacial score (nSPS) is 11.1. The van der Waals surface area contributed by atoms with Gasteiger partial charge in [-0.15, -0.1) is 0 Å². The minimum atomic E-state index is -4.03. The standard InChI is InChI=1S/C12H14N4O4S/c1-3-20-12(17)9-8-16(2)14-11(9)21(18,19)15-10-6-4-5-7-13-10/h4-8H,3H2,1-2H3,(H,13,15). The lowest BCUT2D eigenvalue weighted by molar-refractivity contribution is 0.0522. The van der Waals surface area contributed by atoms with Crippen LogP contribution in [-0.2, 0) is 21.8 Å². The van der Waals surface area contributed by atoms with Crippen LogP contribution in [0.5, 0.6) is 0 Å². The molecule has 0 aliphatic carbocycles. The highest BCUT2D eigenvalue weighted by Crippen LogP contribution is 2.17. The van der Waals surface area contributed by atoms with E-state index in [2.05, 4.69) is 14.8 Å². The molecule has 8 nitrogen and oxygen atoms in total. The van der Waals surface area contributed by atoms with Gasteiger partial charge in [-0.05, 0) is 19.1 Å². The van der Waals surface area contributed by atoms with Crippen molar-refractivity contribution in [2.24, 2.45) is 7.05 Å². The summed E-state index contributed by atoms with van der Waals surface area (Å²) in [6.45, 7) is 1.77. The van der Waals surface area contributed by atoms with E-state index in [-0.39, 0.29) is 18.0 Å². The number of aryl methyl sites for hydroxylation is 1. The number of ether oxygens (including phenoxy) is 1. The second-order valence-corrected chi connectivity index (χ2v) is 5.66. The molecule has 0 aliphatic rings. The van der Waals surface area contributed by atoms with Gasteiger partial charge in [0.25, 0.3) is 10.0 Å². The molecular formula is C12H14N4O4S. The van der Waals surface area contributed by atoms with Crippen molar-refractivity contribution in [3.8, 4) is 0 Å². The molecule has 2 aromatic heterocycles. The zero-order valence-electron chi connectivity index (χ0n) is 11.5. The molecule has 112 valence electrons. The average Bonchev–Trinajstić information content (AvgIpc) is 2.83. The molecule has 0 unspecified atom stereocenters. The van der Waals surface area contributed by atoms with Crippen LogP contribution in [0, 0.1) is 0 Å². The summed E-state index contributed by atoms with van der Waals surface area (Å²) in [4.78, 5) is 15.7. The molecule has 0 atom stereocenters. The molecule has 2 heterocycles. The van der Waals surface area contributed by atoms with Crippen LogP contribution in [0.25, 0.3) is 0 Å². The summed E-state index contributed by atoms with van der Waals surface area (Å²) in [6.07, 6.45) is 2.74. The zero-order chi connectivity index (χ0) is 15.5. The fourth-order valence-electron chi connectivity index (χ4n) is 1.62. The van der Waals surface area contributed by atoms with Crippen LogP contribution >= 0.6 is 0 Å². The van der Waals surface area contributed by atoms with E-state index in [1.165, 1.54) is 30.2 Å². The number of pyridine rings is 1. The summed E-state index contributed by atoms with van der Waals surface area (Å²) < 4.78 is 32.9. The number of anilines is 1. The predicted octanol–water partition coefficient (Wildman–Crippen LogP) is 0.793. The zero-order valence-corrected chi connectivity index (χ0v) is 12.3. The Bertz CT molecular complexity index is 740. The maximum absolute atomic E-state index is 12.3. The van der Waals surface area contributed by atoms with E-state index in [0.29, 0.717) is 0 Å². The first-order valence-electron chi connectivity index (χ1n) is 6.08. The average molecular weight is 310 g/mol. The van der Waals surface area contributed by atoms with Crippen molar-refractivity contribution < 1.29 is 17.9 Å². The minimum Gasteiger partial charge on any atom is -0.462 e. The van der Waals surface area contributed by atoms with Crippen LogP contribution in [0.15, 0.2) is 35.6 Å². The van der Waals surface area contributed by atoms with Gasteiger partial charge in [-0.1, -0.05) is 6.07 Å². The van der Waals surface area contributed by atoms with Gasteiger partial charge in [0.05, 0.1) is 6.61 Å². The Morgan fingerprint density at radius 3 is 2.81 bits per heavy atom. The second-order valence-electron chi connectivity index (χ2n) is 4.06. The largest absolute Gasteiger partial charge is 0.462 e. The lowest BCUT2D eigenvalue weighted by Gasteiger charge is -2.06. The molecule has 0 spiro atoms. The Balaban J connectivity index is 2.38. The maximum Gasteiger partial charge on any atom is 0.342 e. The first kappa shape index (κ1) is 15.0. The number of rotatable bonds is 5. The van der Waals surface area contributed by atoms with E-state index >= 15 is 0 Å². The molecule has 9 heteroatoms. The lowest BCUT2D eigenvalue weighted by Crippen LogP contribution is -2.18. The highest BCUT2D eigenvalue weighted by molar-refractivity contribution is 7.92. The Hall–Kier alpha value is -2.42. The Morgan fingerprint density at radius 2 is 2.19 bits per heavy atom. The predicted molar refractivity (Wildman–Crippen MR) is 74.2 cm³/mol. The Morgan fingerprint density at radius 1 is 1.43 bits per heavy atom. The van der Waals surface area contributed by atoms with Crippen molar-refractivity contribution in [1.82, 2.24) is 14.8 Å². The molecule has 0 amide bonds. The number of hydrogen-bond donors (Lipinski definition) is 1. The van der Waals surface area contributed by atoms with Crippen LogP contribution in [0.4, 0.5) is 5.82 Å². The van der Waals surface area contributed by atoms with Crippen molar-refractivity contribution >= 4 is 21.8 Å². The summed E-state index contributed by atoms with van der Waals surface area (Å²) in [6, 6.07) is 4.78. The number of carbonyl (C=O) groups is 1. The SMILES string of the molecule is CCOC(=O)c1cn(C)nc1S(=O)(=O)Nc1ccccn1. The van der Waals surface area contributed by atoms with Crippen LogP contribution in [-0.4, -0.2) is 35.8 Å². The molecule has 0 radical (unpaired) electrons. The van der Waals surface area contributed by atoms with Gasteiger partial charge in [0.1, 0.15) is 11.4 Å². The van der Waals surface area contributed by atoms with Gasteiger partial charge >= 0.3 is 5.97 Å². The third kappa shape index (κ3) is 3.37. The van der Waals surface area contributed by atoms with Crippen LogP contribution in [0.3, 0.4) is 0 Å². The number of aromatic nitrogens is 3. The molecule has 2 rings (SSSR count). The number of hydrogen-bond acceptors (Lipinski definition) is 6. The van der Waals surface area contributed by atoms with Crippen molar-refractivity contribution in [3.05, 3.63) is 36.2 Å². The van der Waals surface area contributed by atoms with Gasteiger partial charge in [-0.25, -0.2) is 9.78 Å². The molecule has 2 aromatic rings. The topological polar surface area (TPSA) is 103 Å². The van der Waals surface area contributed by atoms with E-state index in [1.807, 2.05) is 0 Å². The highest BCUT2D eigenvalue weighted by atomic mass is 32.2. The fraction of sp³-hybridized carbons (Fsp3) is 0.250. The quantitative estimate of drug-likeness (QED) is 0.819. The minimum absolute atomic E-state index is 0.122. The summed E-state index contributed by atoms with van der Waals surface area (Å²) in [5.74, 6) is -0.607. The lowest BCUT2D eigenvalue weighted by atomic mass is 10.4. The summed E-state index contributed by atoms with van der Waals surface area (Å²) >= 11 is 0. The van der Waals surface area contributed by atoms with Gasteiger partial charge in [0, 0.05) is 19.4 Å². The van der Waals surface area contributed by atoms with Gasteiger partial charge in [-0.3, -0.25) is 9.40 Å². The van der Waals surface area contributed by atoms with Gasteiger partial charge < -0.3 is 4.74 Å². The van der Waals surface area contributed by atoms with E-state index in [9.17, 15) is 13.2 Å². The number of sulfonamides is 1. The Kier molecular flexibility index (Phi) is 4.22. The Labute approximate surface area is 121 Å². The summed E-state index contributed by atoms with van der Waals surface area (Å²) in [7, 11) is -2.52. The summed E-state index contributed by atoms with van der Waals surface area (Å²) in [5, 5.41) is 3.43. The molecule has 21 heavy (non-hydrogen) atoms. The molecule has 0 saturated heterocycles. The number of nitrogens with zero attached hydrogens (tertiary/aromatic N) is 3. The third-order valence-corrected chi connectivity index (χ3v) is 3.74. The van der Waals surface area contributed by atoms with Crippen LogP contribution in [0.2, 0.25) is 0 Å². The molecule has 1 N–H and O–H groups in total. The highest BCUT2D eigenvalue weighted by Gasteiger charge is 2.28. The summed E-state index contributed by atoms with van der Waals surface area (Å²) in [5.41, 5.74) is -0.122. The molecule has 0 fully saturated rings. The first-order chi connectivity index (χ1) is 9.94. The number of nitrogens with one attached hydrogen (secondary N) is 1. The van der Waals surface area contributed by atoms with Crippen molar-refractivity contribution in [1.29, 1.82) is 0 Å².